The molecule has 320 valence electrons. The number of carbonyl (C=O) groups is 2. The highest BCUT2D eigenvalue weighted by atomic mass is 16.5. The first-order valence-electron chi connectivity index (χ1n) is 22.4. The van der Waals surface area contributed by atoms with Crippen LogP contribution in [-0.4, -0.2) is 70.4 Å². The molecule has 0 aromatic carbocycles. The molecule has 12 atom stereocenters. The van der Waals surface area contributed by atoms with Crippen molar-refractivity contribution < 1.29 is 28.9 Å². The van der Waals surface area contributed by atoms with Crippen LogP contribution in [-0.2, 0) is 23.8 Å². The number of methoxy groups -OCH3 is 1. The van der Waals surface area contributed by atoms with Crippen molar-refractivity contribution in [1.29, 1.82) is 0 Å². The van der Waals surface area contributed by atoms with Crippen LogP contribution in [0.4, 0.5) is 0 Å². The average Bonchev–Trinajstić information content (AvgIpc) is 3.63. The van der Waals surface area contributed by atoms with Crippen molar-refractivity contribution in [3.63, 3.8) is 0 Å². The van der Waals surface area contributed by atoms with Gasteiger partial charge in [-0.25, -0.2) is 9.67 Å². The molecule has 5 aliphatic carbocycles. The molecule has 1 aliphatic heterocycles. The number of aliphatic carboxylic acids is 1. The van der Waals surface area contributed by atoms with Gasteiger partial charge in [0.05, 0.1) is 50.9 Å². The van der Waals surface area contributed by atoms with Gasteiger partial charge in [-0.2, -0.15) is 5.10 Å². The molecule has 57 heavy (non-hydrogen) atoms. The minimum Gasteiger partial charge on any atom is -0.481 e. The Labute approximate surface area is 343 Å². The van der Waals surface area contributed by atoms with Crippen LogP contribution in [0.5, 0.6) is 0 Å². The summed E-state index contributed by atoms with van der Waals surface area (Å²) in [5.74, 6) is 1.12. The average molecular weight is 793 g/mol. The number of ether oxygens (including phenoxy) is 3. The molecule has 5 fully saturated rings. The third kappa shape index (κ3) is 6.32. The first kappa shape index (κ1) is 42.8. The summed E-state index contributed by atoms with van der Waals surface area (Å²) in [6, 6.07) is -0.101. The molecular weight excluding hydrogens is 717 g/mol. The largest absolute Gasteiger partial charge is 0.481 e. The van der Waals surface area contributed by atoms with Gasteiger partial charge in [-0.05, 0) is 122 Å². The van der Waals surface area contributed by atoms with E-state index in [0.29, 0.717) is 31.7 Å². The molecule has 4 saturated carbocycles. The van der Waals surface area contributed by atoms with Crippen LogP contribution in [0.3, 0.4) is 0 Å². The zero-order valence-corrected chi connectivity index (χ0v) is 37.5. The van der Waals surface area contributed by atoms with Crippen LogP contribution >= 0.6 is 0 Å². The van der Waals surface area contributed by atoms with Gasteiger partial charge in [-0.3, -0.25) is 9.59 Å². The van der Waals surface area contributed by atoms with Crippen molar-refractivity contribution in [2.24, 2.45) is 73.7 Å². The smallest absolute Gasteiger partial charge is 0.308 e. The van der Waals surface area contributed by atoms with Crippen molar-refractivity contribution in [3.05, 3.63) is 23.8 Å². The zero-order valence-electron chi connectivity index (χ0n) is 37.5. The van der Waals surface area contributed by atoms with Gasteiger partial charge in [0.15, 0.2) is 0 Å². The number of fused-ring (bicyclic) bond motifs is 3. The molecule has 7 rings (SSSR count). The maximum atomic E-state index is 13.7. The normalized spacial score (nSPS) is 43.5. The van der Waals surface area contributed by atoms with E-state index in [1.807, 2.05) is 0 Å². The number of aromatic nitrogens is 3. The summed E-state index contributed by atoms with van der Waals surface area (Å²) in [7, 11) is 1.48. The van der Waals surface area contributed by atoms with Gasteiger partial charge in [0.1, 0.15) is 12.2 Å². The molecule has 0 amide bonds. The number of nitrogens with two attached hydrogens (primary N) is 1. The van der Waals surface area contributed by atoms with Crippen molar-refractivity contribution in [1.82, 2.24) is 14.8 Å². The third-order valence-electron chi connectivity index (χ3n) is 18.8. The second-order valence-electron chi connectivity index (χ2n) is 22.7. The van der Waals surface area contributed by atoms with Crippen LogP contribution in [0, 0.1) is 68.0 Å². The maximum absolute atomic E-state index is 13.7. The summed E-state index contributed by atoms with van der Waals surface area (Å²) in [4.78, 5) is 31.2. The maximum Gasteiger partial charge on any atom is 0.308 e. The lowest BCUT2D eigenvalue weighted by molar-refractivity contribution is -0.255. The monoisotopic (exact) mass is 793 g/mol. The summed E-state index contributed by atoms with van der Waals surface area (Å²) < 4.78 is 21.7. The topological polar surface area (TPSA) is 139 Å². The minimum atomic E-state index is -0.640. The van der Waals surface area contributed by atoms with Gasteiger partial charge >= 0.3 is 11.9 Å². The van der Waals surface area contributed by atoms with E-state index in [4.69, 9.17) is 30.0 Å². The molecule has 2 bridgehead atoms. The number of esters is 1. The van der Waals surface area contributed by atoms with Crippen molar-refractivity contribution in [2.75, 3.05) is 26.9 Å². The molecule has 2 heterocycles. The van der Waals surface area contributed by atoms with E-state index in [0.717, 1.165) is 70.0 Å². The first-order chi connectivity index (χ1) is 26.5. The lowest BCUT2D eigenvalue weighted by Gasteiger charge is -2.71. The number of carboxylic acid groups (broad SMARTS) is 1. The highest BCUT2D eigenvalue weighted by molar-refractivity contribution is 5.73. The molecule has 3 N–H and O–H groups in total. The number of hydrogen-bond acceptors (Lipinski definition) is 8. The van der Waals surface area contributed by atoms with Gasteiger partial charge in [0.2, 0.25) is 0 Å². The van der Waals surface area contributed by atoms with E-state index >= 15 is 0 Å². The zero-order chi connectivity index (χ0) is 41.7. The number of hydrogen-bond donors (Lipinski definition) is 2. The molecule has 0 radical (unpaired) electrons. The summed E-state index contributed by atoms with van der Waals surface area (Å²) in [6.45, 7) is 26.6. The fraction of sp³-hybridized carbons (Fsp3) is 0.872. The first-order valence-corrected chi connectivity index (χ1v) is 22.4. The highest BCUT2D eigenvalue weighted by Gasteiger charge is 2.73. The van der Waals surface area contributed by atoms with Gasteiger partial charge in [-0.15, -0.1) is 0 Å². The Morgan fingerprint density at radius 2 is 1.68 bits per heavy atom. The molecule has 0 unspecified atom stereocenters. The second-order valence-corrected chi connectivity index (χ2v) is 22.7. The molecule has 1 aromatic rings. The Balaban J connectivity index is 1.35. The lowest BCUT2D eigenvalue weighted by atomic mass is 9.34. The predicted molar refractivity (Wildman–Crippen MR) is 221 cm³/mol. The Morgan fingerprint density at radius 1 is 1.00 bits per heavy atom. The Kier molecular flexibility index (Phi) is 10.8. The fourth-order valence-corrected chi connectivity index (χ4v) is 14.1. The van der Waals surface area contributed by atoms with Crippen LogP contribution in [0.25, 0.3) is 0 Å². The van der Waals surface area contributed by atoms with E-state index in [-0.39, 0.29) is 63.4 Å². The summed E-state index contributed by atoms with van der Waals surface area (Å²) in [6.07, 6.45) is 12.8. The summed E-state index contributed by atoms with van der Waals surface area (Å²) in [5.41, 5.74) is 6.30. The summed E-state index contributed by atoms with van der Waals surface area (Å²) in [5, 5.41) is 16.3. The van der Waals surface area contributed by atoms with Crippen LogP contribution < -0.4 is 5.73 Å². The number of allylic oxidation sites excluding steroid dienone is 1. The number of rotatable bonds is 9. The molecule has 1 saturated heterocycles. The predicted octanol–water partition coefficient (Wildman–Crippen LogP) is 9.00. The molecule has 0 spiro atoms. The molecule has 10 heteroatoms. The van der Waals surface area contributed by atoms with Crippen LogP contribution in [0.1, 0.15) is 158 Å². The van der Waals surface area contributed by atoms with E-state index < -0.39 is 28.3 Å². The quantitative estimate of drug-likeness (QED) is 0.185. The molecular formula is C47H76N4O6. The van der Waals surface area contributed by atoms with Crippen molar-refractivity contribution >= 4 is 11.9 Å². The van der Waals surface area contributed by atoms with E-state index in [2.05, 4.69) is 86.9 Å². The van der Waals surface area contributed by atoms with E-state index in [9.17, 15) is 14.7 Å². The van der Waals surface area contributed by atoms with Crippen LogP contribution in [0.2, 0.25) is 0 Å². The van der Waals surface area contributed by atoms with Crippen molar-refractivity contribution in [3.8, 4) is 0 Å². The van der Waals surface area contributed by atoms with Gasteiger partial charge in [-0.1, -0.05) is 80.9 Å². The van der Waals surface area contributed by atoms with E-state index in [1.165, 1.54) is 12.7 Å². The Bertz CT molecular complexity index is 1720. The Hall–Kier alpha value is -2.30. The van der Waals surface area contributed by atoms with Gasteiger partial charge in [0.25, 0.3) is 0 Å². The minimum absolute atomic E-state index is 0.0699. The standard InChI is InChI=1S/C47H76N4O6/c1-28(2)29(3)43(8)21-22-44(9)32-17-18-35-42(7)23-34(51-38(49-27-50-51)30-13-15-31(16-14-30)40(54)55-12)37(57-25-46(11,48)41(4,5)6)47(35,26-56-24-42)33(32)19-20-45(44,10)36(43)39(52)53/h19,27-32,34-37H,13-18,20-26,48H2,1-12H3,(H,52,53)/t29-,30?,31?,32+,34-,35-,36-,37+,42-,43-,44-,45+,46+,47+/m1/s1. The van der Waals surface area contributed by atoms with Crippen molar-refractivity contribution in [2.45, 2.75) is 164 Å². The van der Waals surface area contributed by atoms with Gasteiger partial charge in [0, 0.05) is 16.9 Å². The lowest BCUT2D eigenvalue weighted by Crippen LogP contribution is -2.70. The van der Waals surface area contributed by atoms with E-state index in [1.54, 1.807) is 6.33 Å². The Morgan fingerprint density at radius 3 is 2.30 bits per heavy atom. The second kappa shape index (κ2) is 14.4. The highest BCUT2D eigenvalue weighted by Crippen LogP contribution is 2.75. The summed E-state index contributed by atoms with van der Waals surface area (Å²) >= 11 is 0. The SMILES string of the molecule is COC(=O)C1CCC(c2ncnn2[C@@H]2C[C@]3(C)COC[C@@]4(C5=CC[C@@]6(C)[C@H](C(=O)O)[C@@](C)([C@H](C)C(C)C)CC[C@]6(C)[C@H]5CC[C@H]34)[C@H]2OC[C@](C)(N)C(C)(C)C)CC1. The molecule has 10 nitrogen and oxygen atoms in total. The van der Waals surface area contributed by atoms with Gasteiger partial charge < -0.3 is 25.1 Å². The number of carboxylic acids is 1. The van der Waals surface area contributed by atoms with Crippen LogP contribution in [0.15, 0.2) is 18.0 Å². The number of carbonyl (C=O) groups excluding carboxylic acids is 1. The third-order valence-corrected chi connectivity index (χ3v) is 18.8. The molecule has 6 aliphatic rings. The fourth-order valence-electron chi connectivity index (χ4n) is 14.1. The molecule has 1 aromatic heterocycles. The number of nitrogens with zero attached hydrogens (tertiary/aromatic N) is 3.